The molecule has 2 rings (SSSR count). The number of nitrogens with zero attached hydrogens (tertiary/aromatic N) is 2. The maximum absolute atomic E-state index is 12.3. The van der Waals surface area contributed by atoms with Gasteiger partial charge in [-0.2, -0.15) is 10.2 Å². The van der Waals surface area contributed by atoms with Gasteiger partial charge in [-0.05, 0) is 30.5 Å². The second-order valence-corrected chi connectivity index (χ2v) is 4.86. The Bertz CT molecular complexity index is 641. The van der Waals surface area contributed by atoms with Crippen LogP contribution in [0.15, 0.2) is 30.3 Å². The van der Waals surface area contributed by atoms with Gasteiger partial charge in [-0.15, -0.1) is 0 Å². The van der Waals surface area contributed by atoms with E-state index in [1.165, 1.54) is 0 Å². The highest BCUT2D eigenvalue weighted by molar-refractivity contribution is 5.95. The molecular weight excluding hydrogens is 266 g/mol. The molecule has 1 aromatic heterocycles. The second kappa shape index (κ2) is 6.95. The van der Waals surface area contributed by atoms with E-state index in [9.17, 15) is 4.79 Å². The molecule has 0 radical (unpaired) electrons. The summed E-state index contributed by atoms with van der Waals surface area (Å²) in [6, 6.07) is 9.25. The third kappa shape index (κ3) is 3.86. The maximum atomic E-state index is 12.3. The fourth-order valence-corrected chi connectivity index (χ4v) is 2.09. The van der Waals surface area contributed by atoms with Crippen molar-refractivity contribution in [2.75, 3.05) is 0 Å². The molecule has 110 valence electrons. The number of hydrogen-bond donors (Lipinski definition) is 2. The molecule has 0 unspecified atom stereocenters. The zero-order valence-electron chi connectivity index (χ0n) is 12.3. The molecule has 0 atom stereocenters. The van der Waals surface area contributed by atoms with Gasteiger partial charge < -0.3 is 10.4 Å². The lowest BCUT2D eigenvalue weighted by Crippen LogP contribution is -2.25. The standard InChI is InChI=1S/C16H19N3O2/c1-3-15-14(7-11(2)18-19-15)16(21)17-9-12-5-4-6-13(8-12)10-20/h4-8,20H,3,9-10H2,1-2H3,(H,17,21). The fraction of sp³-hybridized carbons (Fsp3) is 0.312. The molecule has 0 spiro atoms. The summed E-state index contributed by atoms with van der Waals surface area (Å²) in [6.07, 6.45) is 0.663. The Morgan fingerprint density at radius 3 is 2.71 bits per heavy atom. The van der Waals surface area contributed by atoms with Crippen LogP contribution in [0.25, 0.3) is 0 Å². The Morgan fingerprint density at radius 1 is 1.24 bits per heavy atom. The average Bonchev–Trinajstić information content (AvgIpc) is 2.52. The molecule has 2 N–H and O–H groups in total. The van der Waals surface area contributed by atoms with Crippen LogP contribution < -0.4 is 5.32 Å². The first-order valence-electron chi connectivity index (χ1n) is 6.94. The molecule has 0 saturated heterocycles. The van der Waals surface area contributed by atoms with E-state index in [-0.39, 0.29) is 12.5 Å². The minimum Gasteiger partial charge on any atom is -0.392 e. The van der Waals surface area contributed by atoms with Gasteiger partial charge in [0, 0.05) is 6.54 Å². The summed E-state index contributed by atoms with van der Waals surface area (Å²) >= 11 is 0. The first kappa shape index (κ1) is 15.1. The van der Waals surface area contributed by atoms with Crippen LogP contribution in [0.3, 0.4) is 0 Å². The van der Waals surface area contributed by atoms with Gasteiger partial charge in [-0.3, -0.25) is 4.79 Å². The van der Waals surface area contributed by atoms with Crippen LogP contribution >= 0.6 is 0 Å². The molecule has 1 amide bonds. The van der Waals surface area contributed by atoms with E-state index >= 15 is 0 Å². The Morgan fingerprint density at radius 2 is 2.00 bits per heavy atom. The van der Waals surface area contributed by atoms with Crippen LogP contribution in [0, 0.1) is 6.92 Å². The van der Waals surface area contributed by atoms with Crippen LogP contribution in [0.4, 0.5) is 0 Å². The van der Waals surface area contributed by atoms with Gasteiger partial charge in [0.25, 0.3) is 5.91 Å². The Labute approximate surface area is 124 Å². The SMILES string of the molecule is CCc1nnc(C)cc1C(=O)NCc1cccc(CO)c1. The highest BCUT2D eigenvalue weighted by Gasteiger charge is 2.12. The number of amides is 1. The van der Waals surface area contributed by atoms with Crippen molar-refractivity contribution in [1.82, 2.24) is 15.5 Å². The molecule has 2 aromatic rings. The third-order valence-corrected chi connectivity index (χ3v) is 3.20. The minimum atomic E-state index is -0.153. The van der Waals surface area contributed by atoms with Crippen LogP contribution in [0.2, 0.25) is 0 Å². The van der Waals surface area contributed by atoms with Crippen molar-refractivity contribution in [3.63, 3.8) is 0 Å². The van der Waals surface area contributed by atoms with E-state index in [0.29, 0.717) is 24.2 Å². The fourth-order valence-electron chi connectivity index (χ4n) is 2.09. The molecule has 0 fully saturated rings. The summed E-state index contributed by atoms with van der Waals surface area (Å²) in [6.45, 7) is 4.17. The minimum absolute atomic E-state index is 0.00472. The van der Waals surface area contributed by atoms with Crippen LogP contribution in [0.5, 0.6) is 0 Å². The van der Waals surface area contributed by atoms with E-state index in [4.69, 9.17) is 5.11 Å². The lowest BCUT2D eigenvalue weighted by molar-refractivity contribution is 0.0949. The van der Waals surface area contributed by atoms with Crippen molar-refractivity contribution in [2.24, 2.45) is 0 Å². The Balaban J connectivity index is 2.09. The number of aromatic nitrogens is 2. The number of carbonyl (C=O) groups is 1. The zero-order valence-corrected chi connectivity index (χ0v) is 12.3. The molecule has 1 heterocycles. The van der Waals surface area contributed by atoms with Crippen LogP contribution in [0.1, 0.15) is 39.8 Å². The summed E-state index contributed by atoms with van der Waals surface area (Å²) in [5.74, 6) is -0.153. The van der Waals surface area contributed by atoms with Gasteiger partial charge in [0.15, 0.2) is 0 Å². The monoisotopic (exact) mass is 285 g/mol. The summed E-state index contributed by atoms with van der Waals surface area (Å²) in [7, 11) is 0. The van der Waals surface area contributed by atoms with Crippen molar-refractivity contribution >= 4 is 5.91 Å². The van der Waals surface area contributed by atoms with Gasteiger partial charge in [0.1, 0.15) is 0 Å². The largest absolute Gasteiger partial charge is 0.392 e. The van der Waals surface area contributed by atoms with E-state index in [2.05, 4.69) is 15.5 Å². The average molecular weight is 285 g/mol. The topological polar surface area (TPSA) is 75.1 Å². The molecule has 0 aliphatic rings. The Kier molecular flexibility index (Phi) is 5.00. The lowest BCUT2D eigenvalue weighted by Gasteiger charge is -2.09. The predicted octanol–water partition coefficient (Wildman–Crippen LogP) is 1.77. The number of rotatable bonds is 5. The maximum Gasteiger partial charge on any atom is 0.253 e. The number of aliphatic hydroxyl groups excluding tert-OH is 1. The first-order chi connectivity index (χ1) is 10.1. The molecule has 0 bridgehead atoms. The van der Waals surface area contributed by atoms with Crippen molar-refractivity contribution < 1.29 is 9.90 Å². The number of aryl methyl sites for hydroxylation is 2. The van der Waals surface area contributed by atoms with Crippen molar-refractivity contribution in [3.05, 3.63) is 58.4 Å². The van der Waals surface area contributed by atoms with E-state index < -0.39 is 0 Å². The predicted molar refractivity (Wildman–Crippen MR) is 79.7 cm³/mol. The number of benzene rings is 1. The number of hydrogen-bond acceptors (Lipinski definition) is 4. The van der Waals surface area contributed by atoms with Crippen molar-refractivity contribution in [3.8, 4) is 0 Å². The molecular formula is C16H19N3O2. The molecule has 0 aliphatic carbocycles. The highest BCUT2D eigenvalue weighted by atomic mass is 16.3. The summed E-state index contributed by atoms with van der Waals surface area (Å²) in [4.78, 5) is 12.3. The Hall–Kier alpha value is -2.27. The van der Waals surface area contributed by atoms with Crippen molar-refractivity contribution in [1.29, 1.82) is 0 Å². The number of carbonyl (C=O) groups excluding carboxylic acids is 1. The van der Waals surface area contributed by atoms with E-state index in [0.717, 1.165) is 16.8 Å². The summed E-state index contributed by atoms with van der Waals surface area (Å²) < 4.78 is 0. The molecule has 5 nitrogen and oxygen atoms in total. The van der Waals surface area contributed by atoms with Crippen LogP contribution in [-0.4, -0.2) is 21.2 Å². The molecule has 5 heteroatoms. The third-order valence-electron chi connectivity index (χ3n) is 3.20. The van der Waals surface area contributed by atoms with Gasteiger partial charge in [-0.1, -0.05) is 31.2 Å². The van der Waals surface area contributed by atoms with Gasteiger partial charge in [0.2, 0.25) is 0 Å². The highest BCUT2D eigenvalue weighted by Crippen LogP contribution is 2.09. The smallest absolute Gasteiger partial charge is 0.253 e. The number of nitrogens with one attached hydrogen (secondary N) is 1. The van der Waals surface area contributed by atoms with Gasteiger partial charge in [0.05, 0.1) is 23.6 Å². The lowest BCUT2D eigenvalue weighted by atomic mass is 10.1. The van der Waals surface area contributed by atoms with Crippen molar-refractivity contribution in [2.45, 2.75) is 33.4 Å². The second-order valence-electron chi connectivity index (χ2n) is 4.86. The zero-order chi connectivity index (χ0) is 15.2. The normalized spacial score (nSPS) is 10.4. The van der Waals surface area contributed by atoms with Crippen LogP contribution in [-0.2, 0) is 19.6 Å². The summed E-state index contributed by atoms with van der Waals surface area (Å²) in [5, 5.41) is 20.0. The van der Waals surface area contributed by atoms with Gasteiger partial charge >= 0.3 is 0 Å². The van der Waals surface area contributed by atoms with E-state index in [1.807, 2.05) is 38.1 Å². The molecule has 1 aromatic carbocycles. The molecule has 0 saturated carbocycles. The number of aliphatic hydroxyl groups is 1. The molecule has 0 aliphatic heterocycles. The van der Waals surface area contributed by atoms with E-state index in [1.54, 1.807) is 6.07 Å². The quantitative estimate of drug-likeness (QED) is 0.878. The summed E-state index contributed by atoms with van der Waals surface area (Å²) in [5.41, 5.74) is 3.77. The van der Waals surface area contributed by atoms with Gasteiger partial charge in [-0.25, -0.2) is 0 Å². The molecule has 21 heavy (non-hydrogen) atoms. The first-order valence-corrected chi connectivity index (χ1v) is 6.94.